The molecule has 1 atom stereocenters. The van der Waals surface area contributed by atoms with Crippen molar-refractivity contribution < 1.29 is 9.59 Å². The smallest absolute Gasteiger partial charge is 0.271 e. The Bertz CT molecular complexity index is 790. The number of nitrogens with one attached hydrogen (secondary N) is 2. The van der Waals surface area contributed by atoms with Gasteiger partial charge in [-0.1, -0.05) is 0 Å². The van der Waals surface area contributed by atoms with Crippen LogP contribution in [0.3, 0.4) is 0 Å². The van der Waals surface area contributed by atoms with E-state index in [2.05, 4.69) is 25.8 Å². The minimum absolute atomic E-state index is 0.0873. The third kappa shape index (κ3) is 3.46. The molecule has 2 aromatic heterocycles. The Morgan fingerprint density at radius 3 is 2.68 bits per heavy atom. The molecule has 8 nitrogen and oxygen atoms in total. The van der Waals surface area contributed by atoms with E-state index in [1.165, 1.54) is 6.92 Å². The molecule has 1 aliphatic heterocycles. The highest BCUT2D eigenvalue weighted by Gasteiger charge is 2.43. The molecule has 2 amide bonds. The second kappa shape index (κ2) is 6.75. The Morgan fingerprint density at radius 1 is 1.32 bits per heavy atom. The van der Waals surface area contributed by atoms with E-state index in [0.717, 1.165) is 17.1 Å². The number of amides is 2. The molecule has 25 heavy (non-hydrogen) atoms. The standard InChI is InChI=1S/C16H20N6O2S/c1-10-8-25-15(18-10)16(19-11(2)23)6-7-22(9-16)13-5-4-12(20-21-13)14(24)17-3/h4-5,8H,6-7,9H2,1-3H3,(H,17,24)(H,19,23). The number of carbonyl (C=O) groups excluding carboxylic acids is 2. The molecule has 0 radical (unpaired) electrons. The van der Waals surface area contributed by atoms with Crippen LogP contribution in [0.15, 0.2) is 17.5 Å². The topological polar surface area (TPSA) is 100 Å². The summed E-state index contributed by atoms with van der Waals surface area (Å²) < 4.78 is 0. The summed E-state index contributed by atoms with van der Waals surface area (Å²) in [6, 6.07) is 3.42. The lowest BCUT2D eigenvalue weighted by atomic mass is 9.99. The lowest BCUT2D eigenvalue weighted by Gasteiger charge is -2.28. The zero-order chi connectivity index (χ0) is 18.0. The van der Waals surface area contributed by atoms with Gasteiger partial charge in [-0.15, -0.1) is 21.5 Å². The fourth-order valence-corrected chi connectivity index (χ4v) is 3.96. The third-order valence-corrected chi connectivity index (χ3v) is 5.31. The Morgan fingerprint density at radius 2 is 2.12 bits per heavy atom. The molecule has 132 valence electrons. The van der Waals surface area contributed by atoms with Gasteiger partial charge in [-0.25, -0.2) is 4.98 Å². The molecule has 1 unspecified atom stereocenters. The molecule has 1 fully saturated rings. The van der Waals surface area contributed by atoms with Gasteiger partial charge >= 0.3 is 0 Å². The largest absolute Gasteiger partial charge is 0.354 e. The number of hydrogen-bond donors (Lipinski definition) is 2. The molecule has 0 aromatic carbocycles. The van der Waals surface area contributed by atoms with Gasteiger partial charge in [0.15, 0.2) is 11.5 Å². The molecule has 2 aromatic rings. The molecular weight excluding hydrogens is 340 g/mol. The van der Waals surface area contributed by atoms with Crippen molar-refractivity contribution in [2.75, 3.05) is 25.0 Å². The van der Waals surface area contributed by atoms with Crippen LogP contribution < -0.4 is 15.5 Å². The van der Waals surface area contributed by atoms with Crippen LogP contribution in [-0.2, 0) is 10.3 Å². The van der Waals surface area contributed by atoms with Gasteiger partial charge < -0.3 is 15.5 Å². The second-order valence-corrected chi connectivity index (χ2v) is 6.94. The normalized spacial score (nSPS) is 19.7. The number of aryl methyl sites for hydroxylation is 1. The minimum atomic E-state index is -0.522. The minimum Gasteiger partial charge on any atom is -0.354 e. The summed E-state index contributed by atoms with van der Waals surface area (Å²) in [5.41, 5.74) is 0.693. The number of rotatable bonds is 4. The SMILES string of the molecule is CNC(=O)c1ccc(N2CCC(NC(C)=O)(c3nc(C)cs3)C2)nn1. The number of carbonyl (C=O) groups is 2. The van der Waals surface area contributed by atoms with Crippen molar-refractivity contribution in [3.63, 3.8) is 0 Å². The van der Waals surface area contributed by atoms with Crippen molar-refractivity contribution >= 4 is 29.0 Å². The van der Waals surface area contributed by atoms with Gasteiger partial charge in [0.25, 0.3) is 5.91 Å². The van der Waals surface area contributed by atoms with Crippen molar-refractivity contribution in [2.45, 2.75) is 25.8 Å². The first-order valence-corrected chi connectivity index (χ1v) is 8.83. The highest BCUT2D eigenvalue weighted by Crippen LogP contribution is 2.35. The van der Waals surface area contributed by atoms with Gasteiger partial charge in [0.1, 0.15) is 10.5 Å². The highest BCUT2D eigenvalue weighted by atomic mass is 32.1. The van der Waals surface area contributed by atoms with Gasteiger partial charge in [-0.3, -0.25) is 9.59 Å². The zero-order valence-corrected chi connectivity index (χ0v) is 15.2. The first-order chi connectivity index (χ1) is 11.9. The maximum atomic E-state index is 11.8. The molecule has 1 aliphatic rings. The lowest BCUT2D eigenvalue weighted by Crippen LogP contribution is -2.47. The van der Waals surface area contributed by atoms with Crippen LogP contribution in [-0.4, -0.2) is 47.1 Å². The maximum absolute atomic E-state index is 11.8. The van der Waals surface area contributed by atoms with Gasteiger partial charge in [0, 0.05) is 38.1 Å². The molecular formula is C16H20N6O2S. The van der Waals surface area contributed by atoms with Crippen molar-refractivity contribution in [2.24, 2.45) is 0 Å². The molecule has 9 heteroatoms. The Hall–Kier alpha value is -2.55. The number of nitrogens with zero attached hydrogens (tertiary/aromatic N) is 4. The summed E-state index contributed by atoms with van der Waals surface area (Å²) >= 11 is 1.55. The number of aromatic nitrogens is 3. The van der Waals surface area contributed by atoms with Crippen LogP contribution in [0.25, 0.3) is 0 Å². The van der Waals surface area contributed by atoms with E-state index < -0.39 is 5.54 Å². The van der Waals surface area contributed by atoms with Crippen molar-refractivity contribution in [1.29, 1.82) is 0 Å². The molecule has 0 saturated carbocycles. The quantitative estimate of drug-likeness (QED) is 0.838. The van der Waals surface area contributed by atoms with Crippen LogP contribution >= 0.6 is 11.3 Å². The summed E-state index contributed by atoms with van der Waals surface area (Å²) in [5, 5.41) is 16.6. The first kappa shape index (κ1) is 17.3. The number of hydrogen-bond acceptors (Lipinski definition) is 7. The number of thiazole rings is 1. The van der Waals surface area contributed by atoms with E-state index in [-0.39, 0.29) is 17.5 Å². The van der Waals surface area contributed by atoms with Gasteiger partial charge in [-0.2, -0.15) is 0 Å². The molecule has 0 aliphatic carbocycles. The van der Waals surface area contributed by atoms with Crippen LogP contribution in [0.2, 0.25) is 0 Å². The van der Waals surface area contributed by atoms with Crippen LogP contribution in [0.1, 0.15) is 34.5 Å². The molecule has 2 N–H and O–H groups in total. The average Bonchev–Trinajstić information content (AvgIpc) is 3.21. The summed E-state index contributed by atoms with van der Waals surface area (Å²) in [4.78, 5) is 30.0. The second-order valence-electron chi connectivity index (χ2n) is 6.08. The van der Waals surface area contributed by atoms with Gasteiger partial charge in [0.2, 0.25) is 5.91 Å². The fraction of sp³-hybridized carbons (Fsp3) is 0.438. The Balaban J connectivity index is 1.84. The summed E-state index contributed by atoms with van der Waals surface area (Å²) in [6.07, 6.45) is 0.735. The van der Waals surface area contributed by atoms with E-state index in [1.807, 2.05) is 17.2 Å². The Kier molecular flexibility index (Phi) is 4.67. The van der Waals surface area contributed by atoms with E-state index in [9.17, 15) is 9.59 Å². The predicted octanol–water partition coefficient (Wildman–Crippen LogP) is 0.843. The summed E-state index contributed by atoms with van der Waals surface area (Å²) in [6.45, 7) is 4.74. The molecule has 3 rings (SSSR count). The maximum Gasteiger partial charge on any atom is 0.271 e. The predicted molar refractivity (Wildman–Crippen MR) is 94.6 cm³/mol. The third-order valence-electron chi connectivity index (χ3n) is 4.15. The van der Waals surface area contributed by atoms with Crippen molar-refractivity contribution in [3.8, 4) is 0 Å². The summed E-state index contributed by atoms with van der Waals surface area (Å²) in [5.74, 6) is 0.315. The summed E-state index contributed by atoms with van der Waals surface area (Å²) in [7, 11) is 1.55. The molecule has 3 heterocycles. The van der Waals surface area contributed by atoms with E-state index in [0.29, 0.717) is 18.9 Å². The van der Waals surface area contributed by atoms with Crippen LogP contribution in [0.4, 0.5) is 5.82 Å². The zero-order valence-electron chi connectivity index (χ0n) is 14.4. The van der Waals surface area contributed by atoms with E-state index in [1.54, 1.807) is 30.5 Å². The van der Waals surface area contributed by atoms with Crippen molar-refractivity contribution in [3.05, 3.63) is 33.9 Å². The fourth-order valence-electron chi connectivity index (χ4n) is 2.99. The average molecular weight is 360 g/mol. The van der Waals surface area contributed by atoms with Gasteiger partial charge in [-0.05, 0) is 25.5 Å². The van der Waals surface area contributed by atoms with Crippen LogP contribution in [0.5, 0.6) is 0 Å². The van der Waals surface area contributed by atoms with E-state index >= 15 is 0 Å². The van der Waals surface area contributed by atoms with Crippen molar-refractivity contribution in [1.82, 2.24) is 25.8 Å². The number of anilines is 1. The monoisotopic (exact) mass is 360 g/mol. The lowest BCUT2D eigenvalue weighted by molar-refractivity contribution is -0.120. The molecule has 1 saturated heterocycles. The van der Waals surface area contributed by atoms with E-state index in [4.69, 9.17) is 0 Å². The highest BCUT2D eigenvalue weighted by molar-refractivity contribution is 7.09. The van der Waals surface area contributed by atoms with Gasteiger partial charge in [0.05, 0.1) is 0 Å². The molecule has 0 spiro atoms. The first-order valence-electron chi connectivity index (χ1n) is 7.96. The Labute approximate surface area is 149 Å². The van der Waals surface area contributed by atoms with Crippen LogP contribution in [0, 0.1) is 6.92 Å². The molecule has 0 bridgehead atoms.